The Hall–Kier alpha value is -2.89. The van der Waals surface area contributed by atoms with Gasteiger partial charge in [0.05, 0.1) is 0 Å². The highest BCUT2D eigenvalue weighted by molar-refractivity contribution is 5.97. The number of carbonyl (C=O) groups is 2. The number of nitrogens with zero attached hydrogens (tertiary/aromatic N) is 1. The van der Waals surface area contributed by atoms with E-state index in [0.29, 0.717) is 17.7 Å². The van der Waals surface area contributed by atoms with E-state index >= 15 is 0 Å². The zero-order valence-corrected chi connectivity index (χ0v) is 13.7. The van der Waals surface area contributed by atoms with E-state index in [0.717, 1.165) is 25.1 Å². The van der Waals surface area contributed by atoms with Crippen molar-refractivity contribution in [3.63, 3.8) is 0 Å². The van der Waals surface area contributed by atoms with Gasteiger partial charge in [-0.2, -0.15) is 0 Å². The van der Waals surface area contributed by atoms with Gasteiger partial charge >= 0.3 is 0 Å². The normalized spacial score (nSPS) is 17.2. The van der Waals surface area contributed by atoms with E-state index < -0.39 is 5.91 Å². The standard InChI is InChI=1S/C19H20FN3O2/c20-15-3-1-5-17(11-15)23-10-2-4-16(12-23)22-19(25)14-8-6-13(7-9-14)18(21)24/h1,3,5-9,11,16H,2,4,10,12H2,(H2,21,24)(H,22,25). The van der Waals surface area contributed by atoms with Crippen LogP contribution in [0.25, 0.3) is 0 Å². The molecule has 0 saturated carbocycles. The zero-order valence-electron chi connectivity index (χ0n) is 13.7. The highest BCUT2D eigenvalue weighted by atomic mass is 19.1. The van der Waals surface area contributed by atoms with Crippen LogP contribution in [0.5, 0.6) is 0 Å². The number of piperidine rings is 1. The lowest BCUT2D eigenvalue weighted by atomic mass is 10.0. The maximum absolute atomic E-state index is 13.4. The Kier molecular flexibility index (Phi) is 4.97. The summed E-state index contributed by atoms with van der Waals surface area (Å²) in [5.74, 6) is -0.981. The van der Waals surface area contributed by atoms with E-state index in [9.17, 15) is 14.0 Å². The molecule has 3 rings (SSSR count). The second kappa shape index (κ2) is 7.34. The van der Waals surface area contributed by atoms with Gasteiger partial charge in [0.25, 0.3) is 5.91 Å². The van der Waals surface area contributed by atoms with Crippen LogP contribution in [0.2, 0.25) is 0 Å². The molecule has 5 nitrogen and oxygen atoms in total. The molecule has 2 aromatic rings. The van der Waals surface area contributed by atoms with Crippen LogP contribution in [0.1, 0.15) is 33.6 Å². The highest BCUT2D eigenvalue weighted by Gasteiger charge is 2.22. The smallest absolute Gasteiger partial charge is 0.251 e. The molecule has 6 heteroatoms. The number of rotatable bonds is 4. The summed E-state index contributed by atoms with van der Waals surface area (Å²) in [4.78, 5) is 25.5. The largest absolute Gasteiger partial charge is 0.369 e. The molecule has 1 aliphatic rings. The fourth-order valence-electron chi connectivity index (χ4n) is 3.06. The van der Waals surface area contributed by atoms with Crippen molar-refractivity contribution in [2.75, 3.05) is 18.0 Å². The number of benzene rings is 2. The summed E-state index contributed by atoms with van der Waals surface area (Å²) < 4.78 is 13.4. The first-order valence-corrected chi connectivity index (χ1v) is 8.24. The first-order chi connectivity index (χ1) is 12.0. The molecule has 0 spiro atoms. The van der Waals surface area contributed by atoms with Crippen LogP contribution in [-0.2, 0) is 0 Å². The van der Waals surface area contributed by atoms with Crippen LogP contribution >= 0.6 is 0 Å². The molecule has 1 unspecified atom stereocenters. The number of carbonyl (C=O) groups excluding carboxylic acids is 2. The molecule has 1 aliphatic heterocycles. The Morgan fingerprint density at radius 3 is 2.52 bits per heavy atom. The average molecular weight is 341 g/mol. The molecule has 3 N–H and O–H groups in total. The molecule has 1 saturated heterocycles. The Bertz CT molecular complexity index is 776. The van der Waals surface area contributed by atoms with Gasteiger partial charge in [0.1, 0.15) is 5.82 Å². The van der Waals surface area contributed by atoms with E-state index in [2.05, 4.69) is 10.2 Å². The zero-order chi connectivity index (χ0) is 17.8. The molecule has 1 fully saturated rings. The molecule has 2 aromatic carbocycles. The van der Waals surface area contributed by atoms with Crippen LogP contribution in [0.15, 0.2) is 48.5 Å². The van der Waals surface area contributed by atoms with Gasteiger partial charge in [0.15, 0.2) is 0 Å². The third-order valence-electron chi connectivity index (χ3n) is 4.36. The predicted molar refractivity (Wildman–Crippen MR) is 94.1 cm³/mol. The van der Waals surface area contributed by atoms with Crippen molar-refractivity contribution >= 4 is 17.5 Å². The molecular formula is C19H20FN3O2. The highest BCUT2D eigenvalue weighted by Crippen LogP contribution is 2.21. The quantitative estimate of drug-likeness (QED) is 0.896. The number of primary amides is 1. The van der Waals surface area contributed by atoms with Crippen LogP contribution in [0.4, 0.5) is 10.1 Å². The van der Waals surface area contributed by atoms with E-state index in [1.165, 1.54) is 24.3 Å². The van der Waals surface area contributed by atoms with Gasteiger partial charge < -0.3 is 16.0 Å². The third kappa shape index (κ3) is 4.15. The van der Waals surface area contributed by atoms with Crippen LogP contribution in [0.3, 0.4) is 0 Å². The molecule has 25 heavy (non-hydrogen) atoms. The summed E-state index contributed by atoms with van der Waals surface area (Å²) in [5.41, 5.74) is 6.87. The van der Waals surface area contributed by atoms with Gasteiger partial charge in [-0.25, -0.2) is 4.39 Å². The number of nitrogens with one attached hydrogen (secondary N) is 1. The molecule has 0 radical (unpaired) electrons. The Morgan fingerprint density at radius 1 is 1.12 bits per heavy atom. The summed E-state index contributed by atoms with van der Waals surface area (Å²) in [5, 5.41) is 3.01. The van der Waals surface area contributed by atoms with Crippen LogP contribution in [-0.4, -0.2) is 30.9 Å². The number of halogens is 1. The maximum Gasteiger partial charge on any atom is 0.251 e. The molecule has 130 valence electrons. The summed E-state index contributed by atoms with van der Waals surface area (Å²) >= 11 is 0. The average Bonchev–Trinajstić information content (AvgIpc) is 2.62. The molecule has 0 aromatic heterocycles. The molecule has 1 heterocycles. The minimum atomic E-state index is -0.523. The summed E-state index contributed by atoms with van der Waals surface area (Å²) in [6.45, 7) is 1.47. The van der Waals surface area contributed by atoms with E-state index in [1.807, 2.05) is 6.07 Å². The fourth-order valence-corrected chi connectivity index (χ4v) is 3.06. The minimum Gasteiger partial charge on any atom is -0.369 e. The number of nitrogens with two attached hydrogens (primary N) is 1. The van der Waals surface area contributed by atoms with Gasteiger partial charge in [0.2, 0.25) is 5.91 Å². The Balaban J connectivity index is 1.64. The number of anilines is 1. The summed E-state index contributed by atoms with van der Waals surface area (Å²) in [6.07, 6.45) is 1.79. The second-order valence-corrected chi connectivity index (χ2v) is 6.18. The first-order valence-electron chi connectivity index (χ1n) is 8.24. The SMILES string of the molecule is NC(=O)c1ccc(C(=O)NC2CCCN(c3cccc(F)c3)C2)cc1. The lowest BCUT2D eigenvalue weighted by molar-refractivity contribution is 0.0931. The fraction of sp³-hybridized carbons (Fsp3) is 0.263. The molecule has 0 bridgehead atoms. The van der Waals surface area contributed by atoms with Crippen molar-refractivity contribution in [2.24, 2.45) is 5.73 Å². The predicted octanol–water partition coefficient (Wildman–Crippen LogP) is 2.32. The van der Waals surface area contributed by atoms with E-state index in [-0.39, 0.29) is 17.8 Å². The lowest BCUT2D eigenvalue weighted by Gasteiger charge is -2.34. The van der Waals surface area contributed by atoms with Crippen molar-refractivity contribution in [1.82, 2.24) is 5.32 Å². The summed E-state index contributed by atoms with van der Waals surface area (Å²) in [6, 6.07) is 12.7. The molecule has 1 atom stereocenters. The van der Waals surface area contributed by atoms with Crippen molar-refractivity contribution in [2.45, 2.75) is 18.9 Å². The van der Waals surface area contributed by atoms with Crippen molar-refractivity contribution in [3.05, 3.63) is 65.5 Å². The van der Waals surface area contributed by atoms with Crippen molar-refractivity contribution < 1.29 is 14.0 Å². The van der Waals surface area contributed by atoms with Gasteiger partial charge in [-0.1, -0.05) is 6.07 Å². The van der Waals surface area contributed by atoms with E-state index in [1.54, 1.807) is 18.2 Å². The minimum absolute atomic E-state index is 0.0136. The van der Waals surface area contributed by atoms with Crippen LogP contribution < -0.4 is 16.0 Å². The molecule has 0 aliphatic carbocycles. The second-order valence-electron chi connectivity index (χ2n) is 6.18. The monoisotopic (exact) mass is 341 g/mol. The Morgan fingerprint density at radius 2 is 1.84 bits per heavy atom. The topological polar surface area (TPSA) is 75.4 Å². The number of hydrogen-bond acceptors (Lipinski definition) is 3. The van der Waals surface area contributed by atoms with Gasteiger partial charge in [-0.05, 0) is 55.3 Å². The van der Waals surface area contributed by atoms with Crippen molar-refractivity contribution in [3.8, 4) is 0 Å². The van der Waals surface area contributed by atoms with Gasteiger partial charge in [-0.3, -0.25) is 9.59 Å². The van der Waals surface area contributed by atoms with Gasteiger partial charge in [0, 0.05) is 35.9 Å². The summed E-state index contributed by atoms with van der Waals surface area (Å²) in [7, 11) is 0. The van der Waals surface area contributed by atoms with Gasteiger partial charge in [-0.15, -0.1) is 0 Å². The van der Waals surface area contributed by atoms with E-state index in [4.69, 9.17) is 5.73 Å². The lowest BCUT2D eigenvalue weighted by Crippen LogP contribution is -2.47. The number of hydrogen-bond donors (Lipinski definition) is 2. The van der Waals surface area contributed by atoms with Crippen molar-refractivity contribution in [1.29, 1.82) is 0 Å². The molecular weight excluding hydrogens is 321 g/mol. The third-order valence-corrected chi connectivity index (χ3v) is 4.36. The first kappa shape index (κ1) is 17.0. The Labute approximate surface area is 145 Å². The molecule has 2 amide bonds. The maximum atomic E-state index is 13.4. The number of amides is 2. The van der Waals surface area contributed by atoms with Crippen LogP contribution in [0, 0.1) is 5.82 Å².